The second-order valence-corrected chi connectivity index (χ2v) is 6.59. The molecule has 3 N–H and O–H groups in total. The van der Waals surface area contributed by atoms with E-state index in [9.17, 15) is 8.42 Å². The molecule has 0 bridgehead atoms. The van der Waals surface area contributed by atoms with Crippen LogP contribution in [0.5, 0.6) is 0 Å². The van der Waals surface area contributed by atoms with Gasteiger partial charge in [0.25, 0.3) is 0 Å². The fraction of sp³-hybridized carbons (Fsp3) is 0.538. The van der Waals surface area contributed by atoms with Gasteiger partial charge < -0.3 is 10.6 Å². The molecule has 0 fully saturated rings. The Bertz CT molecular complexity index is 486. The third-order valence-corrected chi connectivity index (χ3v) is 4.12. The SMILES string of the molecule is CN(C)CCCNS(=O)(=O)Cc1ccccc1CN. The van der Waals surface area contributed by atoms with E-state index in [-0.39, 0.29) is 5.75 Å². The van der Waals surface area contributed by atoms with Crippen LogP contribution >= 0.6 is 0 Å². The molecule has 0 aliphatic carbocycles. The average Bonchev–Trinajstić information content (AvgIpc) is 2.35. The van der Waals surface area contributed by atoms with Gasteiger partial charge in [-0.2, -0.15) is 0 Å². The van der Waals surface area contributed by atoms with Crippen LogP contribution in [0.2, 0.25) is 0 Å². The van der Waals surface area contributed by atoms with Crippen molar-refractivity contribution in [2.45, 2.75) is 18.7 Å². The summed E-state index contributed by atoms with van der Waals surface area (Å²) in [7, 11) is 0.639. The Kier molecular flexibility index (Phi) is 6.44. The standard InChI is InChI=1S/C13H23N3O2S/c1-16(2)9-5-8-15-19(17,18)11-13-7-4-3-6-12(13)10-14/h3-4,6-7,15H,5,8-11,14H2,1-2H3. The molecule has 19 heavy (non-hydrogen) atoms. The topological polar surface area (TPSA) is 75.4 Å². The highest BCUT2D eigenvalue weighted by molar-refractivity contribution is 7.88. The van der Waals surface area contributed by atoms with Crippen LogP contribution in [0.25, 0.3) is 0 Å². The van der Waals surface area contributed by atoms with Gasteiger partial charge >= 0.3 is 0 Å². The van der Waals surface area contributed by atoms with Gasteiger partial charge in [0.1, 0.15) is 0 Å². The molecule has 0 saturated carbocycles. The molecule has 0 unspecified atom stereocenters. The lowest BCUT2D eigenvalue weighted by Crippen LogP contribution is -2.28. The van der Waals surface area contributed by atoms with Gasteiger partial charge in [0.15, 0.2) is 0 Å². The minimum atomic E-state index is -3.29. The van der Waals surface area contributed by atoms with E-state index >= 15 is 0 Å². The molecule has 0 aliphatic heterocycles. The Balaban J connectivity index is 2.54. The van der Waals surface area contributed by atoms with Crippen LogP contribution in [0.15, 0.2) is 24.3 Å². The number of nitrogens with zero attached hydrogens (tertiary/aromatic N) is 1. The van der Waals surface area contributed by atoms with E-state index in [4.69, 9.17) is 5.73 Å². The lowest BCUT2D eigenvalue weighted by atomic mass is 10.1. The number of benzene rings is 1. The van der Waals surface area contributed by atoms with Gasteiger partial charge in [-0.3, -0.25) is 0 Å². The summed E-state index contributed by atoms with van der Waals surface area (Å²) < 4.78 is 26.5. The molecule has 5 nitrogen and oxygen atoms in total. The number of hydrogen-bond acceptors (Lipinski definition) is 4. The van der Waals surface area contributed by atoms with E-state index in [0.29, 0.717) is 13.1 Å². The first-order chi connectivity index (χ1) is 8.94. The Morgan fingerprint density at radius 2 is 1.84 bits per heavy atom. The van der Waals surface area contributed by atoms with Gasteiger partial charge in [-0.25, -0.2) is 13.1 Å². The number of sulfonamides is 1. The third-order valence-electron chi connectivity index (χ3n) is 2.79. The van der Waals surface area contributed by atoms with Crippen molar-refractivity contribution in [1.82, 2.24) is 9.62 Å². The summed E-state index contributed by atoms with van der Waals surface area (Å²) in [6, 6.07) is 7.36. The van der Waals surface area contributed by atoms with E-state index in [2.05, 4.69) is 4.72 Å². The summed E-state index contributed by atoms with van der Waals surface area (Å²) in [4.78, 5) is 2.03. The smallest absolute Gasteiger partial charge is 0.215 e. The van der Waals surface area contributed by atoms with Gasteiger partial charge in [-0.15, -0.1) is 0 Å². The Labute approximate surface area is 115 Å². The zero-order chi connectivity index (χ0) is 14.3. The van der Waals surface area contributed by atoms with Crippen LogP contribution in [0.1, 0.15) is 17.5 Å². The first kappa shape index (κ1) is 16.1. The lowest BCUT2D eigenvalue weighted by molar-refractivity contribution is 0.400. The van der Waals surface area contributed by atoms with Crippen molar-refractivity contribution in [2.75, 3.05) is 27.2 Å². The van der Waals surface area contributed by atoms with Gasteiger partial charge in [-0.05, 0) is 38.2 Å². The van der Waals surface area contributed by atoms with Crippen molar-refractivity contribution in [3.05, 3.63) is 35.4 Å². The zero-order valence-corrected chi connectivity index (χ0v) is 12.4. The minimum absolute atomic E-state index is 0.0116. The van der Waals surface area contributed by atoms with Crippen molar-refractivity contribution >= 4 is 10.0 Å². The van der Waals surface area contributed by atoms with Gasteiger partial charge in [0.05, 0.1) is 5.75 Å². The molecule has 0 spiro atoms. The van der Waals surface area contributed by atoms with E-state index in [0.717, 1.165) is 24.1 Å². The lowest BCUT2D eigenvalue weighted by Gasteiger charge is -2.11. The predicted molar refractivity (Wildman–Crippen MR) is 78.1 cm³/mol. The third kappa shape index (κ3) is 6.15. The number of nitrogens with two attached hydrogens (primary N) is 1. The fourth-order valence-corrected chi connectivity index (χ4v) is 3.02. The van der Waals surface area contributed by atoms with Crippen LogP contribution in [-0.2, 0) is 22.3 Å². The summed E-state index contributed by atoms with van der Waals surface area (Å²) in [6.07, 6.45) is 0.796. The van der Waals surface area contributed by atoms with Crippen LogP contribution in [0.4, 0.5) is 0 Å². The molecule has 0 radical (unpaired) electrons. The average molecular weight is 285 g/mol. The Hall–Kier alpha value is -0.950. The summed E-state index contributed by atoms with van der Waals surface area (Å²) in [5.74, 6) is -0.0116. The monoisotopic (exact) mass is 285 g/mol. The quantitative estimate of drug-likeness (QED) is 0.683. The highest BCUT2D eigenvalue weighted by Gasteiger charge is 2.12. The van der Waals surface area contributed by atoms with Crippen LogP contribution < -0.4 is 10.5 Å². The van der Waals surface area contributed by atoms with Crippen molar-refractivity contribution < 1.29 is 8.42 Å². The van der Waals surface area contributed by atoms with Crippen molar-refractivity contribution in [2.24, 2.45) is 5.73 Å². The van der Waals surface area contributed by atoms with Crippen molar-refractivity contribution in [3.8, 4) is 0 Å². The molecule has 108 valence electrons. The van der Waals surface area contributed by atoms with Crippen LogP contribution in [0, 0.1) is 0 Å². The molecule has 1 aromatic rings. The first-order valence-electron chi connectivity index (χ1n) is 6.33. The van der Waals surface area contributed by atoms with Crippen molar-refractivity contribution in [3.63, 3.8) is 0 Å². The maximum atomic E-state index is 11.9. The molecular formula is C13H23N3O2S. The molecule has 0 aliphatic rings. The minimum Gasteiger partial charge on any atom is -0.326 e. The van der Waals surface area contributed by atoms with E-state index in [1.54, 1.807) is 6.07 Å². The van der Waals surface area contributed by atoms with Gasteiger partial charge in [0.2, 0.25) is 10.0 Å². The maximum absolute atomic E-state index is 11.9. The first-order valence-corrected chi connectivity index (χ1v) is 7.99. The van der Waals surface area contributed by atoms with Gasteiger partial charge in [-0.1, -0.05) is 24.3 Å². The second kappa shape index (κ2) is 7.59. The Morgan fingerprint density at radius 1 is 1.21 bits per heavy atom. The maximum Gasteiger partial charge on any atom is 0.215 e. The molecule has 1 aromatic carbocycles. The van der Waals surface area contributed by atoms with E-state index in [1.165, 1.54) is 0 Å². The molecular weight excluding hydrogens is 262 g/mol. The largest absolute Gasteiger partial charge is 0.326 e. The zero-order valence-electron chi connectivity index (χ0n) is 11.6. The summed E-state index contributed by atoms with van der Waals surface area (Å²) in [6.45, 7) is 1.68. The predicted octanol–water partition coefficient (Wildman–Crippen LogP) is 0.516. The molecule has 1 rings (SSSR count). The van der Waals surface area contributed by atoms with Crippen molar-refractivity contribution in [1.29, 1.82) is 0 Å². The summed E-state index contributed by atoms with van der Waals surface area (Å²) >= 11 is 0. The molecule has 0 saturated heterocycles. The van der Waals surface area contributed by atoms with Gasteiger partial charge in [0, 0.05) is 13.1 Å². The fourth-order valence-electron chi connectivity index (χ4n) is 1.78. The van der Waals surface area contributed by atoms with E-state index in [1.807, 2.05) is 37.2 Å². The molecule has 0 aromatic heterocycles. The normalized spacial score (nSPS) is 12.0. The van der Waals surface area contributed by atoms with Crippen LogP contribution in [0.3, 0.4) is 0 Å². The summed E-state index contributed by atoms with van der Waals surface area (Å²) in [5.41, 5.74) is 7.25. The molecule has 0 heterocycles. The molecule has 0 amide bonds. The number of rotatable bonds is 8. The second-order valence-electron chi connectivity index (χ2n) is 4.78. The van der Waals surface area contributed by atoms with Crippen LogP contribution in [-0.4, -0.2) is 40.5 Å². The molecule has 6 heteroatoms. The highest BCUT2D eigenvalue weighted by Crippen LogP contribution is 2.11. The number of hydrogen-bond donors (Lipinski definition) is 2. The summed E-state index contributed by atoms with van der Waals surface area (Å²) in [5, 5.41) is 0. The highest BCUT2D eigenvalue weighted by atomic mass is 32.2. The number of nitrogens with one attached hydrogen (secondary N) is 1. The Morgan fingerprint density at radius 3 is 2.42 bits per heavy atom. The van der Waals surface area contributed by atoms with E-state index < -0.39 is 10.0 Å². The molecule has 0 atom stereocenters.